The average molecular weight is 249 g/mol. The van der Waals surface area contributed by atoms with Crippen molar-refractivity contribution in [2.24, 2.45) is 0 Å². The quantitative estimate of drug-likeness (QED) is 0.852. The van der Waals surface area contributed by atoms with Crippen molar-refractivity contribution in [3.05, 3.63) is 47.3 Å². The first-order valence-corrected chi connectivity index (χ1v) is 5.67. The summed E-state index contributed by atoms with van der Waals surface area (Å²) in [6.45, 7) is 4.06. The Kier molecular flexibility index (Phi) is 3.53. The summed E-state index contributed by atoms with van der Waals surface area (Å²) in [5, 5.41) is 12.1. The minimum absolute atomic E-state index is 0.0404. The molecule has 0 spiro atoms. The van der Waals surface area contributed by atoms with Crippen LogP contribution in [0.2, 0.25) is 0 Å². The Hall–Kier alpha value is -2.01. The van der Waals surface area contributed by atoms with Crippen LogP contribution in [0.3, 0.4) is 0 Å². The van der Waals surface area contributed by atoms with Crippen molar-refractivity contribution in [2.75, 3.05) is 0 Å². The van der Waals surface area contributed by atoms with E-state index in [9.17, 15) is 4.79 Å². The van der Waals surface area contributed by atoms with E-state index in [-0.39, 0.29) is 11.6 Å². The van der Waals surface area contributed by atoms with Crippen molar-refractivity contribution in [1.29, 1.82) is 0 Å². The number of carboxylic acids is 1. The summed E-state index contributed by atoms with van der Waals surface area (Å²) in [6, 6.07) is 5.29. The van der Waals surface area contributed by atoms with E-state index in [1.165, 1.54) is 0 Å². The Morgan fingerprint density at radius 2 is 2.33 bits per heavy atom. The van der Waals surface area contributed by atoms with Crippen molar-refractivity contribution in [1.82, 2.24) is 5.32 Å². The number of furan rings is 2. The lowest BCUT2D eigenvalue weighted by Gasteiger charge is -2.09. The van der Waals surface area contributed by atoms with Crippen molar-refractivity contribution in [3.8, 4) is 0 Å². The molecule has 5 heteroatoms. The van der Waals surface area contributed by atoms with E-state index in [2.05, 4.69) is 5.32 Å². The summed E-state index contributed by atoms with van der Waals surface area (Å²) in [6.07, 6.45) is 1.62. The van der Waals surface area contributed by atoms with Gasteiger partial charge in [0.05, 0.1) is 18.8 Å². The summed E-state index contributed by atoms with van der Waals surface area (Å²) in [5.41, 5.74) is 0.206. The van der Waals surface area contributed by atoms with Gasteiger partial charge in [0, 0.05) is 0 Å². The molecular weight excluding hydrogens is 234 g/mol. The Morgan fingerprint density at radius 3 is 2.89 bits per heavy atom. The first kappa shape index (κ1) is 12.4. The number of nitrogens with one attached hydrogen (secondary N) is 1. The highest BCUT2D eigenvalue weighted by molar-refractivity contribution is 5.88. The van der Waals surface area contributed by atoms with Crippen LogP contribution in [0.5, 0.6) is 0 Å². The van der Waals surface area contributed by atoms with Gasteiger partial charge in [-0.3, -0.25) is 0 Å². The zero-order chi connectivity index (χ0) is 13.1. The maximum Gasteiger partial charge on any atom is 0.339 e. The predicted molar refractivity (Wildman–Crippen MR) is 64.4 cm³/mol. The molecule has 2 aromatic rings. The van der Waals surface area contributed by atoms with Crippen molar-refractivity contribution < 1.29 is 18.7 Å². The summed E-state index contributed by atoms with van der Waals surface area (Å²) in [7, 11) is 0. The lowest BCUT2D eigenvalue weighted by atomic mass is 10.2. The Bertz CT molecular complexity index is 527. The third-order valence-electron chi connectivity index (χ3n) is 2.75. The van der Waals surface area contributed by atoms with Gasteiger partial charge in [-0.25, -0.2) is 4.79 Å². The van der Waals surface area contributed by atoms with Crippen LogP contribution in [0.1, 0.15) is 40.6 Å². The normalized spacial score (nSPS) is 12.6. The number of aryl methyl sites for hydroxylation is 1. The second kappa shape index (κ2) is 5.10. The molecule has 0 aliphatic carbocycles. The Morgan fingerprint density at radius 1 is 1.56 bits per heavy atom. The molecule has 5 nitrogen and oxygen atoms in total. The molecule has 18 heavy (non-hydrogen) atoms. The lowest BCUT2D eigenvalue weighted by molar-refractivity contribution is 0.0695. The second-order valence-corrected chi connectivity index (χ2v) is 4.11. The van der Waals surface area contributed by atoms with Crippen LogP contribution in [-0.4, -0.2) is 11.1 Å². The molecule has 0 aliphatic heterocycles. The first-order valence-electron chi connectivity index (χ1n) is 5.67. The molecule has 0 amide bonds. The molecule has 2 heterocycles. The first-order chi connectivity index (χ1) is 8.58. The minimum atomic E-state index is -0.971. The molecule has 2 rings (SSSR count). The summed E-state index contributed by atoms with van der Waals surface area (Å²) >= 11 is 0. The number of aromatic carboxylic acids is 1. The SMILES string of the molecule is Cc1oc(CNC(C)c2ccco2)cc1C(=O)O. The van der Waals surface area contributed by atoms with Crippen LogP contribution >= 0.6 is 0 Å². The third-order valence-corrected chi connectivity index (χ3v) is 2.75. The van der Waals surface area contributed by atoms with Gasteiger partial charge in [-0.1, -0.05) is 0 Å². The predicted octanol–water partition coefficient (Wildman–Crippen LogP) is 2.73. The highest BCUT2D eigenvalue weighted by Gasteiger charge is 2.14. The lowest BCUT2D eigenvalue weighted by Crippen LogP contribution is -2.17. The van der Waals surface area contributed by atoms with Crippen molar-refractivity contribution in [3.63, 3.8) is 0 Å². The maximum absolute atomic E-state index is 10.9. The Labute approximate surface area is 104 Å². The molecule has 0 aliphatic rings. The number of carboxylic acid groups (broad SMARTS) is 1. The molecule has 0 saturated heterocycles. The molecule has 1 atom stereocenters. The molecule has 1 unspecified atom stereocenters. The highest BCUT2D eigenvalue weighted by atomic mass is 16.4. The van der Waals surface area contributed by atoms with Gasteiger partial charge >= 0.3 is 5.97 Å². The number of carbonyl (C=O) groups is 1. The molecular formula is C13H15NO4. The molecule has 0 bridgehead atoms. The molecule has 2 aromatic heterocycles. The average Bonchev–Trinajstić information content (AvgIpc) is 2.94. The van der Waals surface area contributed by atoms with Crippen LogP contribution in [0.4, 0.5) is 0 Å². The van der Waals surface area contributed by atoms with Gasteiger partial charge in [0.2, 0.25) is 0 Å². The Balaban J connectivity index is 1.98. The number of hydrogen-bond acceptors (Lipinski definition) is 4. The van der Waals surface area contributed by atoms with Gasteiger partial charge in [0.1, 0.15) is 22.8 Å². The van der Waals surface area contributed by atoms with E-state index < -0.39 is 5.97 Å². The number of rotatable bonds is 5. The van der Waals surface area contributed by atoms with E-state index in [0.717, 1.165) is 5.76 Å². The molecule has 0 radical (unpaired) electrons. The zero-order valence-electron chi connectivity index (χ0n) is 10.3. The van der Waals surface area contributed by atoms with Crippen LogP contribution in [0.15, 0.2) is 33.3 Å². The van der Waals surface area contributed by atoms with Crippen LogP contribution in [0, 0.1) is 6.92 Å². The number of hydrogen-bond donors (Lipinski definition) is 2. The van der Waals surface area contributed by atoms with Crippen LogP contribution in [0.25, 0.3) is 0 Å². The third kappa shape index (κ3) is 2.62. The molecule has 0 aromatic carbocycles. The van der Waals surface area contributed by atoms with Gasteiger partial charge in [-0.2, -0.15) is 0 Å². The zero-order valence-corrected chi connectivity index (χ0v) is 10.3. The van der Waals surface area contributed by atoms with Gasteiger partial charge in [0.25, 0.3) is 0 Å². The second-order valence-electron chi connectivity index (χ2n) is 4.11. The largest absolute Gasteiger partial charge is 0.478 e. The smallest absolute Gasteiger partial charge is 0.339 e. The van der Waals surface area contributed by atoms with Crippen molar-refractivity contribution in [2.45, 2.75) is 26.4 Å². The molecule has 0 saturated carbocycles. The monoisotopic (exact) mass is 249 g/mol. The molecule has 96 valence electrons. The summed E-state index contributed by atoms with van der Waals surface area (Å²) in [4.78, 5) is 10.9. The van der Waals surface area contributed by atoms with Gasteiger partial charge < -0.3 is 19.3 Å². The van der Waals surface area contributed by atoms with E-state index in [1.807, 2.05) is 19.1 Å². The molecule has 0 fully saturated rings. The maximum atomic E-state index is 10.9. The molecule has 2 N–H and O–H groups in total. The van der Waals surface area contributed by atoms with Gasteiger partial charge in [-0.15, -0.1) is 0 Å². The topological polar surface area (TPSA) is 75.6 Å². The summed E-state index contributed by atoms with van der Waals surface area (Å²) < 4.78 is 10.6. The fourth-order valence-corrected chi connectivity index (χ4v) is 1.74. The minimum Gasteiger partial charge on any atom is -0.478 e. The van der Waals surface area contributed by atoms with Gasteiger partial charge in [-0.05, 0) is 32.0 Å². The highest BCUT2D eigenvalue weighted by Crippen LogP contribution is 2.17. The standard InChI is InChI=1S/C13H15NO4/c1-8(12-4-3-5-17-12)14-7-10-6-11(13(15)16)9(2)18-10/h3-6,8,14H,7H2,1-2H3,(H,15,16). The fourth-order valence-electron chi connectivity index (χ4n) is 1.74. The van der Waals surface area contributed by atoms with Gasteiger partial charge in [0.15, 0.2) is 0 Å². The fraction of sp³-hybridized carbons (Fsp3) is 0.308. The van der Waals surface area contributed by atoms with Crippen molar-refractivity contribution >= 4 is 5.97 Å². The van der Waals surface area contributed by atoms with E-state index in [0.29, 0.717) is 18.1 Å². The van der Waals surface area contributed by atoms with E-state index in [4.69, 9.17) is 13.9 Å². The summed E-state index contributed by atoms with van der Waals surface area (Å²) in [5.74, 6) is 0.881. The van der Waals surface area contributed by atoms with E-state index in [1.54, 1.807) is 19.3 Å². The van der Waals surface area contributed by atoms with Crippen LogP contribution in [-0.2, 0) is 6.54 Å². The van der Waals surface area contributed by atoms with E-state index >= 15 is 0 Å². The van der Waals surface area contributed by atoms with Crippen LogP contribution < -0.4 is 5.32 Å².